The summed E-state index contributed by atoms with van der Waals surface area (Å²) in [5.74, 6) is 2.04. The Morgan fingerprint density at radius 1 is 0.622 bits per heavy atom. The molecule has 0 aromatic heterocycles. The van der Waals surface area contributed by atoms with Crippen molar-refractivity contribution in [1.29, 1.82) is 0 Å². The fourth-order valence-electron chi connectivity index (χ4n) is 7.58. The van der Waals surface area contributed by atoms with Crippen LogP contribution in [0.25, 0.3) is 11.1 Å². The third-order valence-electron chi connectivity index (χ3n) is 9.91. The van der Waals surface area contributed by atoms with Gasteiger partial charge >= 0.3 is 0 Å². The smallest absolute Gasteiger partial charge is 0.0629 e. The largest absolute Gasteiger partial charge is 0.333 e. The minimum absolute atomic E-state index is 0.319. The first kappa shape index (κ1) is 27.5. The average molecular weight is 583 g/mol. The molecule has 2 heteroatoms. The van der Waals surface area contributed by atoms with Gasteiger partial charge in [0.1, 0.15) is 0 Å². The third-order valence-corrected chi connectivity index (χ3v) is 9.91. The van der Waals surface area contributed by atoms with Crippen LogP contribution in [0, 0.1) is 17.8 Å². The molecule has 8 rings (SSSR count). The third kappa shape index (κ3) is 5.11. The van der Waals surface area contributed by atoms with Gasteiger partial charge in [0.25, 0.3) is 0 Å². The molecule has 5 unspecified atom stereocenters. The molecule has 4 aromatic rings. The molecular formula is C43H38N2. The van der Waals surface area contributed by atoms with E-state index < -0.39 is 0 Å². The highest BCUT2D eigenvalue weighted by Gasteiger charge is 2.36. The molecular weight excluding hydrogens is 544 g/mol. The number of allylic oxidation sites excluding steroid dienone is 9. The van der Waals surface area contributed by atoms with Gasteiger partial charge in [-0.3, -0.25) is 0 Å². The molecule has 0 saturated carbocycles. The van der Waals surface area contributed by atoms with Gasteiger partial charge in [0.2, 0.25) is 0 Å². The molecule has 2 nitrogen and oxygen atoms in total. The van der Waals surface area contributed by atoms with Crippen molar-refractivity contribution in [3.05, 3.63) is 181 Å². The Bertz CT molecular complexity index is 1850. The summed E-state index contributed by atoms with van der Waals surface area (Å²) in [7, 11) is 0. The van der Waals surface area contributed by atoms with Crippen LogP contribution in [0.2, 0.25) is 0 Å². The highest BCUT2D eigenvalue weighted by molar-refractivity contribution is 5.78. The predicted molar refractivity (Wildman–Crippen MR) is 190 cm³/mol. The van der Waals surface area contributed by atoms with Crippen LogP contribution in [-0.2, 0) is 0 Å². The van der Waals surface area contributed by atoms with Gasteiger partial charge in [-0.2, -0.15) is 0 Å². The van der Waals surface area contributed by atoms with Gasteiger partial charge in [0.05, 0.1) is 6.04 Å². The van der Waals surface area contributed by atoms with Gasteiger partial charge in [-0.25, -0.2) is 0 Å². The molecule has 45 heavy (non-hydrogen) atoms. The Hall–Kier alpha value is -5.08. The maximum atomic E-state index is 2.49. The molecule has 220 valence electrons. The summed E-state index contributed by atoms with van der Waals surface area (Å²) >= 11 is 0. The number of benzene rings is 4. The zero-order chi connectivity index (χ0) is 30.2. The van der Waals surface area contributed by atoms with E-state index in [4.69, 9.17) is 0 Å². The molecule has 0 saturated heterocycles. The minimum atomic E-state index is 0.319. The van der Waals surface area contributed by atoms with Gasteiger partial charge < -0.3 is 9.80 Å². The summed E-state index contributed by atoms with van der Waals surface area (Å²) in [5, 5.41) is 0. The van der Waals surface area contributed by atoms with E-state index >= 15 is 0 Å². The predicted octanol–water partition coefficient (Wildman–Crippen LogP) is 11.1. The lowest BCUT2D eigenvalue weighted by Gasteiger charge is -2.32. The fraction of sp³-hybridized carbons (Fsp3) is 0.163. The zero-order valence-electron chi connectivity index (χ0n) is 25.7. The molecule has 0 amide bonds. The van der Waals surface area contributed by atoms with E-state index in [-0.39, 0.29) is 0 Å². The zero-order valence-corrected chi connectivity index (χ0v) is 25.7. The monoisotopic (exact) mass is 582 g/mol. The second kappa shape index (κ2) is 11.8. The van der Waals surface area contributed by atoms with Crippen LogP contribution >= 0.6 is 0 Å². The molecule has 0 bridgehead atoms. The van der Waals surface area contributed by atoms with E-state index in [1.54, 1.807) is 0 Å². The summed E-state index contributed by atoms with van der Waals surface area (Å²) in [6, 6.07) is 38.0. The summed E-state index contributed by atoms with van der Waals surface area (Å²) in [5.41, 5.74) is 9.96. The summed E-state index contributed by atoms with van der Waals surface area (Å²) < 4.78 is 0. The highest BCUT2D eigenvalue weighted by atomic mass is 15.2. The quantitative estimate of drug-likeness (QED) is 0.223. The number of hydrogen-bond donors (Lipinski definition) is 0. The SMILES string of the molecule is CC1C=CC=CC1C1C=CC(N(c2ccccc2)c2ccc(-c3ccc(N4c5ccccc5C5C=CC=CC54)cc3)cc2)=CC1. The van der Waals surface area contributed by atoms with Crippen molar-refractivity contribution >= 4 is 22.7 Å². The van der Waals surface area contributed by atoms with Crippen molar-refractivity contribution in [2.45, 2.75) is 25.3 Å². The van der Waals surface area contributed by atoms with Crippen LogP contribution in [0.5, 0.6) is 0 Å². The Labute approximate surface area is 267 Å². The minimum Gasteiger partial charge on any atom is -0.333 e. The normalized spacial score (nSPS) is 24.3. The number of hydrogen-bond acceptors (Lipinski definition) is 2. The van der Waals surface area contributed by atoms with Crippen LogP contribution in [0.1, 0.15) is 24.8 Å². The number of anilines is 4. The number of para-hydroxylation sites is 2. The summed E-state index contributed by atoms with van der Waals surface area (Å²) in [6.07, 6.45) is 26.3. The van der Waals surface area contributed by atoms with Gasteiger partial charge in [-0.15, -0.1) is 0 Å². The van der Waals surface area contributed by atoms with Gasteiger partial charge in [-0.1, -0.05) is 128 Å². The van der Waals surface area contributed by atoms with Crippen LogP contribution in [-0.4, -0.2) is 6.04 Å². The molecule has 4 aliphatic rings. The lowest BCUT2D eigenvalue weighted by atomic mass is 9.77. The van der Waals surface area contributed by atoms with Gasteiger partial charge in [-0.05, 0) is 89.4 Å². The second-order valence-electron chi connectivity index (χ2n) is 12.6. The average Bonchev–Trinajstić information content (AvgIpc) is 3.44. The molecule has 1 heterocycles. The first-order chi connectivity index (χ1) is 22.2. The maximum absolute atomic E-state index is 2.49. The fourth-order valence-corrected chi connectivity index (χ4v) is 7.58. The van der Waals surface area contributed by atoms with Crippen LogP contribution in [0.4, 0.5) is 22.7 Å². The number of fused-ring (bicyclic) bond motifs is 3. The van der Waals surface area contributed by atoms with E-state index in [9.17, 15) is 0 Å². The summed E-state index contributed by atoms with van der Waals surface area (Å²) in [4.78, 5) is 4.87. The van der Waals surface area contributed by atoms with Crippen LogP contribution < -0.4 is 9.80 Å². The molecule has 0 spiro atoms. The van der Waals surface area contributed by atoms with Crippen molar-refractivity contribution in [2.24, 2.45) is 17.8 Å². The molecule has 0 radical (unpaired) electrons. The first-order valence-corrected chi connectivity index (χ1v) is 16.3. The maximum Gasteiger partial charge on any atom is 0.0629 e. The van der Waals surface area contributed by atoms with Crippen molar-refractivity contribution < 1.29 is 0 Å². The van der Waals surface area contributed by atoms with E-state index in [0.717, 1.165) is 6.42 Å². The molecule has 5 atom stereocenters. The van der Waals surface area contributed by atoms with Crippen LogP contribution in [0.15, 0.2) is 176 Å². The van der Waals surface area contributed by atoms with Crippen molar-refractivity contribution in [1.82, 2.24) is 0 Å². The van der Waals surface area contributed by atoms with Gasteiger partial charge in [0, 0.05) is 34.4 Å². The molecule has 0 fully saturated rings. The molecule has 1 aliphatic heterocycles. The van der Waals surface area contributed by atoms with Gasteiger partial charge in [0.15, 0.2) is 0 Å². The Balaban J connectivity index is 1.05. The second-order valence-corrected chi connectivity index (χ2v) is 12.6. The van der Waals surface area contributed by atoms with Crippen LogP contribution in [0.3, 0.4) is 0 Å². The number of nitrogens with zero attached hydrogens (tertiary/aromatic N) is 2. The van der Waals surface area contributed by atoms with Crippen molar-refractivity contribution in [3.63, 3.8) is 0 Å². The summed E-state index contributed by atoms with van der Waals surface area (Å²) in [6.45, 7) is 2.33. The van der Waals surface area contributed by atoms with Crippen molar-refractivity contribution in [2.75, 3.05) is 9.80 Å². The van der Waals surface area contributed by atoms with E-state index in [2.05, 4.69) is 187 Å². The topological polar surface area (TPSA) is 6.48 Å². The molecule has 0 N–H and O–H groups in total. The Morgan fingerprint density at radius 2 is 1.29 bits per heavy atom. The number of rotatable bonds is 6. The Kier molecular flexibility index (Phi) is 7.19. The highest BCUT2D eigenvalue weighted by Crippen LogP contribution is 2.47. The lowest BCUT2D eigenvalue weighted by Crippen LogP contribution is -2.28. The lowest BCUT2D eigenvalue weighted by molar-refractivity contribution is 0.389. The van der Waals surface area contributed by atoms with E-state index in [1.807, 2.05) is 0 Å². The molecule has 4 aromatic carbocycles. The molecule has 3 aliphatic carbocycles. The van der Waals surface area contributed by atoms with Crippen molar-refractivity contribution in [3.8, 4) is 11.1 Å². The standard InChI is InChI=1S/C43H38N2/c1-31-11-5-6-14-39(31)34-23-29-37(30-24-34)44(35-12-3-2-4-13-35)36-25-19-32(20-26-36)33-21-27-38(28-22-33)45-42-17-9-7-15-40(42)41-16-8-10-18-43(41)45/h2-23,25-31,34,39-40,42H,24H2,1H3. The first-order valence-electron chi connectivity index (χ1n) is 16.3. The Morgan fingerprint density at radius 3 is 2.04 bits per heavy atom. The van der Waals surface area contributed by atoms with E-state index in [1.165, 1.54) is 45.1 Å². The van der Waals surface area contributed by atoms with E-state index in [0.29, 0.717) is 29.7 Å².